The fraction of sp³-hybridized carbons (Fsp3) is 0.241. The predicted octanol–water partition coefficient (Wildman–Crippen LogP) is 4.18. The first-order chi connectivity index (χ1) is 19.7. The molecule has 0 amide bonds. The number of hydrogen-bond acceptors (Lipinski definition) is 6. The number of aromatic nitrogens is 5. The van der Waals surface area contributed by atoms with Gasteiger partial charge in [0.2, 0.25) is 0 Å². The van der Waals surface area contributed by atoms with E-state index in [1.807, 2.05) is 0 Å². The molecule has 41 heavy (non-hydrogen) atoms. The fourth-order valence-electron chi connectivity index (χ4n) is 5.59. The zero-order valence-corrected chi connectivity index (χ0v) is 21.5. The highest BCUT2D eigenvalue weighted by Crippen LogP contribution is 2.33. The molecule has 0 radical (unpaired) electrons. The Balaban J connectivity index is 1.29. The van der Waals surface area contributed by atoms with Gasteiger partial charge in [0, 0.05) is 24.9 Å². The maximum atomic E-state index is 14.2. The van der Waals surface area contributed by atoms with E-state index in [0.29, 0.717) is 31.3 Å². The molecule has 1 aliphatic rings. The molecule has 4 aromatic heterocycles. The van der Waals surface area contributed by atoms with E-state index in [0.717, 1.165) is 21.4 Å². The van der Waals surface area contributed by atoms with Crippen molar-refractivity contribution in [3.8, 4) is 5.69 Å². The molecule has 0 spiro atoms. The molecule has 0 aliphatic heterocycles. The second-order valence-corrected chi connectivity index (χ2v) is 10.2. The van der Waals surface area contributed by atoms with Crippen molar-refractivity contribution in [3.63, 3.8) is 0 Å². The van der Waals surface area contributed by atoms with E-state index in [1.165, 1.54) is 53.2 Å². The van der Waals surface area contributed by atoms with Crippen LogP contribution in [0, 0.1) is 17.6 Å². The number of carboxylic acids is 1. The number of carbonyl (C=O) groups excluding carboxylic acids is 1. The van der Waals surface area contributed by atoms with Gasteiger partial charge in [-0.15, -0.1) is 0 Å². The Bertz CT molecular complexity index is 1970. The number of carbonyl (C=O) groups is 2. The van der Waals surface area contributed by atoms with Gasteiger partial charge < -0.3 is 9.51 Å². The first-order valence-electron chi connectivity index (χ1n) is 13.0. The summed E-state index contributed by atoms with van der Waals surface area (Å²) >= 11 is 0. The molecular formula is C29H23F2N5O5. The van der Waals surface area contributed by atoms with Gasteiger partial charge in [-0.05, 0) is 68.0 Å². The molecule has 0 atom stereocenters. The van der Waals surface area contributed by atoms with Gasteiger partial charge >= 0.3 is 11.7 Å². The number of pyridine rings is 2. The molecule has 0 saturated heterocycles. The van der Waals surface area contributed by atoms with Crippen LogP contribution in [0.5, 0.6) is 0 Å². The molecule has 1 fully saturated rings. The summed E-state index contributed by atoms with van der Waals surface area (Å²) in [6.45, 7) is 0. The first-order valence-corrected chi connectivity index (χ1v) is 13.0. The number of halogens is 2. The minimum atomic E-state index is -1.19. The number of carboxylic acid groups (broad SMARTS) is 1. The van der Waals surface area contributed by atoms with E-state index in [2.05, 4.69) is 9.97 Å². The maximum absolute atomic E-state index is 14.2. The summed E-state index contributed by atoms with van der Waals surface area (Å²) in [7, 11) is 0. The summed E-state index contributed by atoms with van der Waals surface area (Å²) in [5, 5.41) is 9.33. The van der Waals surface area contributed by atoms with Gasteiger partial charge in [-0.3, -0.25) is 14.2 Å². The van der Waals surface area contributed by atoms with Crippen molar-refractivity contribution >= 4 is 28.4 Å². The number of hydrogen-bond donors (Lipinski definition) is 1. The number of nitrogens with zero attached hydrogens (tertiary/aromatic N) is 5. The van der Waals surface area contributed by atoms with Gasteiger partial charge in [0.05, 0.1) is 22.8 Å². The zero-order chi connectivity index (χ0) is 28.8. The van der Waals surface area contributed by atoms with E-state index in [4.69, 9.17) is 0 Å². The van der Waals surface area contributed by atoms with Gasteiger partial charge in [0.25, 0.3) is 5.56 Å². The van der Waals surface area contributed by atoms with Gasteiger partial charge in [0.15, 0.2) is 11.4 Å². The van der Waals surface area contributed by atoms with Crippen molar-refractivity contribution in [1.82, 2.24) is 23.5 Å². The third-order valence-corrected chi connectivity index (χ3v) is 7.60. The molecule has 12 heteroatoms. The number of rotatable bonds is 6. The van der Waals surface area contributed by atoms with Gasteiger partial charge in [-0.25, -0.2) is 32.9 Å². The predicted molar refractivity (Wildman–Crippen MR) is 144 cm³/mol. The summed E-state index contributed by atoms with van der Waals surface area (Å²) < 4.78 is 31.3. The Labute approximate surface area is 230 Å². The van der Waals surface area contributed by atoms with Crippen molar-refractivity contribution in [2.45, 2.75) is 38.1 Å². The van der Waals surface area contributed by atoms with Crippen molar-refractivity contribution in [2.75, 3.05) is 0 Å². The topological polar surface area (TPSA) is 129 Å². The summed E-state index contributed by atoms with van der Waals surface area (Å²) in [6, 6.07) is 8.92. The molecule has 0 bridgehead atoms. The van der Waals surface area contributed by atoms with Crippen molar-refractivity contribution < 1.29 is 23.5 Å². The largest absolute Gasteiger partial charge is 0.478 e. The molecule has 10 nitrogen and oxygen atoms in total. The molecular weight excluding hydrogens is 536 g/mol. The highest BCUT2D eigenvalue weighted by molar-refractivity contribution is 5.95. The van der Waals surface area contributed by atoms with Crippen molar-refractivity contribution in [3.05, 3.63) is 105 Å². The van der Waals surface area contributed by atoms with Crippen LogP contribution in [0.25, 0.3) is 22.4 Å². The van der Waals surface area contributed by atoms with E-state index in [9.17, 15) is 33.1 Å². The maximum Gasteiger partial charge on any atom is 0.337 e. The Kier molecular flexibility index (Phi) is 6.52. The minimum absolute atomic E-state index is 0.00922. The minimum Gasteiger partial charge on any atom is -0.478 e. The number of fused-ring (bicyclic) bond motifs is 2. The molecule has 1 aliphatic carbocycles. The van der Waals surface area contributed by atoms with Crippen LogP contribution in [-0.2, 0) is 0 Å². The molecule has 1 saturated carbocycles. The Hall–Kier alpha value is -5.00. The van der Waals surface area contributed by atoms with Crippen LogP contribution in [0.15, 0.2) is 70.6 Å². The standard InChI is InChI=1S/C29H23F2N5O5/c30-18-6-9-25-33-23(15-34(25)14-18)24(37)10-16-4-7-20(8-5-16)36-27(38)22-12-19(31)13-32-26(22)35(29(36)41)21-3-1-2-17(11-21)28(39)40/h1-3,6,9,11-16,20H,4-5,7-8,10H2,(H,39,40). The second-order valence-electron chi connectivity index (χ2n) is 10.2. The average Bonchev–Trinajstić information content (AvgIpc) is 3.38. The van der Waals surface area contributed by atoms with Crippen LogP contribution in [0.3, 0.4) is 0 Å². The third kappa shape index (κ3) is 4.81. The van der Waals surface area contributed by atoms with Gasteiger partial charge in [-0.1, -0.05) is 6.07 Å². The van der Waals surface area contributed by atoms with Gasteiger partial charge in [-0.2, -0.15) is 0 Å². The van der Waals surface area contributed by atoms with Crippen LogP contribution in [0.4, 0.5) is 8.78 Å². The molecule has 1 N–H and O–H groups in total. The summed E-state index contributed by atoms with van der Waals surface area (Å²) in [5.74, 6) is -2.57. The average molecular weight is 560 g/mol. The highest BCUT2D eigenvalue weighted by atomic mass is 19.1. The monoisotopic (exact) mass is 559 g/mol. The van der Waals surface area contributed by atoms with Crippen LogP contribution in [-0.4, -0.2) is 40.4 Å². The number of benzene rings is 1. The molecule has 5 aromatic rings. The SMILES string of the molecule is O=C(O)c1cccc(-n2c(=O)n(C3CCC(CC(=O)c4cn5cc(F)ccc5n4)CC3)c(=O)c3cc(F)cnc32)c1. The van der Waals surface area contributed by atoms with E-state index in [1.54, 1.807) is 0 Å². The van der Waals surface area contributed by atoms with Gasteiger partial charge in [0.1, 0.15) is 23.0 Å². The quantitative estimate of drug-likeness (QED) is 0.309. The molecule has 6 rings (SSSR count). The summed E-state index contributed by atoms with van der Waals surface area (Å²) in [5.41, 5.74) is -0.649. The number of ketones is 1. The lowest BCUT2D eigenvalue weighted by Gasteiger charge is -2.29. The van der Waals surface area contributed by atoms with Crippen LogP contribution in [0.1, 0.15) is 59.0 Å². The van der Waals surface area contributed by atoms with Crippen LogP contribution < -0.4 is 11.2 Å². The Morgan fingerprint density at radius 3 is 2.51 bits per heavy atom. The van der Waals surface area contributed by atoms with Crippen molar-refractivity contribution in [1.29, 1.82) is 0 Å². The number of imidazole rings is 1. The molecule has 208 valence electrons. The van der Waals surface area contributed by atoms with E-state index >= 15 is 0 Å². The van der Waals surface area contributed by atoms with Crippen molar-refractivity contribution in [2.24, 2.45) is 5.92 Å². The number of aromatic carboxylic acids is 1. The Morgan fingerprint density at radius 2 is 1.76 bits per heavy atom. The van der Waals surface area contributed by atoms with E-state index in [-0.39, 0.29) is 46.1 Å². The third-order valence-electron chi connectivity index (χ3n) is 7.60. The first kappa shape index (κ1) is 26.2. The smallest absolute Gasteiger partial charge is 0.337 e. The lowest BCUT2D eigenvalue weighted by Crippen LogP contribution is -2.43. The lowest BCUT2D eigenvalue weighted by atomic mass is 9.82. The summed E-state index contributed by atoms with van der Waals surface area (Å²) in [4.78, 5) is 60.0. The molecule has 0 unspecified atom stereocenters. The molecule has 1 aromatic carbocycles. The van der Waals surface area contributed by atoms with Crippen LogP contribution in [0.2, 0.25) is 0 Å². The van der Waals surface area contributed by atoms with Crippen LogP contribution >= 0.6 is 0 Å². The lowest BCUT2D eigenvalue weighted by molar-refractivity contribution is 0.0696. The second kappa shape index (κ2) is 10.2. The molecule has 4 heterocycles. The highest BCUT2D eigenvalue weighted by Gasteiger charge is 2.29. The van der Waals surface area contributed by atoms with E-state index < -0.39 is 34.9 Å². The fourth-order valence-corrected chi connectivity index (χ4v) is 5.59. The Morgan fingerprint density at radius 1 is 0.976 bits per heavy atom. The zero-order valence-electron chi connectivity index (χ0n) is 21.5. The summed E-state index contributed by atoms with van der Waals surface area (Å²) in [6.07, 6.45) is 5.81. The normalized spacial score (nSPS) is 17.2. The number of Topliss-reactive ketones (excluding diaryl/α,β-unsaturated/α-hetero) is 1.